The SMILES string of the molecule is Oc1cc(CCc2ccccc2)c(O)cc1CCc1ccccc1.Oc1ccc(O)c(CCc2ccccc2)c1CCc1ccccc1. The van der Waals surface area contributed by atoms with Crippen molar-refractivity contribution in [2.24, 2.45) is 0 Å². The van der Waals surface area contributed by atoms with E-state index in [-0.39, 0.29) is 23.0 Å². The van der Waals surface area contributed by atoms with E-state index in [4.69, 9.17) is 0 Å². The van der Waals surface area contributed by atoms with E-state index < -0.39 is 0 Å². The third kappa shape index (κ3) is 10.0. The second-order valence-electron chi connectivity index (χ2n) is 12.1. The van der Waals surface area contributed by atoms with Crippen LogP contribution in [-0.4, -0.2) is 20.4 Å². The van der Waals surface area contributed by atoms with E-state index in [1.807, 2.05) is 72.8 Å². The van der Waals surface area contributed by atoms with Crippen molar-refractivity contribution in [3.05, 3.63) is 190 Å². The molecule has 244 valence electrons. The van der Waals surface area contributed by atoms with Crippen molar-refractivity contribution in [3.63, 3.8) is 0 Å². The molecular formula is C44H44O4. The first-order chi connectivity index (χ1) is 23.5. The summed E-state index contributed by atoms with van der Waals surface area (Å²) in [6.07, 6.45) is 6.23. The highest BCUT2D eigenvalue weighted by Gasteiger charge is 2.13. The van der Waals surface area contributed by atoms with Gasteiger partial charge in [0.1, 0.15) is 23.0 Å². The van der Waals surface area contributed by atoms with Crippen molar-refractivity contribution in [1.29, 1.82) is 0 Å². The van der Waals surface area contributed by atoms with Crippen LogP contribution in [0.4, 0.5) is 0 Å². The van der Waals surface area contributed by atoms with Crippen molar-refractivity contribution < 1.29 is 20.4 Å². The molecule has 0 fully saturated rings. The lowest BCUT2D eigenvalue weighted by atomic mass is 9.94. The molecule has 6 aromatic carbocycles. The van der Waals surface area contributed by atoms with Crippen molar-refractivity contribution >= 4 is 0 Å². The molecule has 0 atom stereocenters. The average Bonchev–Trinajstić information content (AvgIpc) is 3.13. The molecule has 0 unspecified atom stereocenters. The van der Waals surface area contributed by atoms with Crippen LogP contribution >= 0.6 is 0 Å². The summed E-state index contributed by atoms with van der Waals surface area (Å²) in [6, 6.07) is 47.4. The van der Waals surface area contributed by atoms with Gasteiger partial charge in [0, 0.05) is 11.1 Å². The standard InChI is InChI=1S/2C22H22O2/c23-21-16-20(14-12-18-9-5-2-6-10-18)22(24)15-19(21)13-11-17-7-3-1-4-8-17;23-21-15-16-22(24)20(14-12-18-9-5-2-6-10-18)19(21)13-11-17-7-3-1-4-8-17/h2*1-10,15-16,23-24H,11-14H2. The number of phenolic OH excluding ortho intramolecular Hbond substituents is 4. The molecule has 0 aromatic heterocycles. The fraction of sp³-hybridized carbons (Fsp3) is 0.182. The Morgan fingerprint density at radius 1 is 0.271 bits per heavy atom. The number of aryl methyl sites for hydroxylation is 6. The summed E-state index contributed by atoms with van der Waals surface area (Å²) >= 11 is 0. The van der Waals surface area contributed by atoms with E-state index >= 15 is 0 Å². The van der Waals surface area contributed by atoms with E-state index in [2.05, 4.69) is 48.5 Å². The number of aromatic hydroxyl groups is 4. The summed E-state index contributed by atoms with van der Waals surface area (Å²) in [5, 5.41) is 41.1. The van der Waals surface area contributed by atoms with Gasteiger partial charge in [-0.1, -0.05) is 121 Å². The molecule has 0 saturated carbocycles. The Morgan fingerprint density at radius 3 is 0.833 bits per heavy atom. The molecule has 0 bridgehead atoms. The molecule has 0 amide bonds. The van der Waals surface area contributed by atoms with Crippen LogP contribution < -0.4 is 0 Å². The number of hydrogen-bond acceptors (Lipinski definition) is 4. The minimum atomic E-state index is 0.270. The van der Waals surface area contributed by atoms with Crippen molar-refractivity contribution in [2.45, 2.75) is 51.4 Å². The topological polar surface area (TPSA) is 80.9 Å². The molecule has 0 heterocycles. The van der Waals surface area contributed by atoms with Crippen LogP contribution in [-0.2, 0) is 51.4 Å². The van der Waals surface area contributed by atoms with E-state index in [0.29, 0.717) is 25.7 Å². The largest absolute Gasteiger partial charge is 0.508 e. The summed E-state index contributed by atoms with van der Waals surface area (Å²) in [4.78, 5) is 0. The molecule has 0 spiro atoms. The summed E-state index contributed by atoms with van der Waals surface area (Å²) in [5.41, 5.74) is 8.21. The predicted octanol–water partition coefficient (Wildman–Crippen LogP) is 9.34. The lowest BCUT2D eigenvalue weighted by Crippen LogP contribution is -2.01. The Kier molecular flexibility index (Phi) is 12.3. The molecule has 0 aliphatic carbocycles. The summed E-state index contributed by atoms with van der Waals surface area (Å²) < 4.78 is 0. The molecule has 6 rings (SSSR count). The van der Waals surface area contributed by atoms with Gasteiger partial charge in [-0.15, -0.1) is 0 Å². The average molecular weight is 637 g/mol. The van der Waals surface area contributed by atoms with Gasteiger partial charge in [0.05, 0.1) is 0 Å². The lowest BCUT2D eigenvalue weighted by molar-refractivity contribution is 0.447. The molecule has 0 radical (unpaired) electrons. The second-order valence-corrected chi connectivity index (χ2v) is 12.1. The number of phenols is 4. The van der Waals surface area contributed by atoms with E-state index in [9.17, 15) is 20.4 Å². The highest BCUT2D eigenvalue weighted by molar-refractivity contribution is 5.48. The van der Waals surface area contributed by atoms with Crippen LogP contribution in [0, 0.1) is 0 Å². The normalized spacial score (nSPS) is 10.7. The maximum absolute atomic E-state index is 10.3. The van der Waals surface area contributed by atoms with E-state index in [1.165, 1.54) is 22.3 Å². The smallest absolute Gasteiger partial charge is 0.119 e. The van der Waals surface area contributed by atoms with Crippen LogP contribution in [0.1, 0.15) is 44.5 Å². The third-order valence-electron chi connectivity index (χ3n) is 8.73. The van der Waals surface area contributed by atoms with Gasteiger partial charge in [-0.2, -0.15) is 0 Å². The Morgan fingerprint density at radius 2 is 0.542 bits per heavy atom. The summed E-state index contributed by atoms with van der Waals surface area (Å²) in [7, 11) is 0. The van der Waals surface area contributed by atoms with Gasteiger partial charge in [-0.3, -0.25) is 0 Å². The number of benzene rings is 6. The third-order valence-corrected chi connectivity index (χ3v) is 8.73. The van der Waals surface area contributed by atoms with Gasteiger partial charge >= 0.3 is 0 Å². The van der Waals surface area contributed by atoms with Gasteiger partial charge in [0.2, 0.25) is 0 Å². The van der Waals surface area contributed by atoms with Crippen molar-refractivity contribution in [2.75, 3.05) is 0 Å². The zero-order valence-electron chi connectivity index (χ0n) is 27.3. The molecule has 48 heavy (non-hydrogen) atoms. The van der Waals surface area contributed by atoms with Crippen molar-refractivity contribution in [3.8, 4) is 23.0 Å². The molecule has 0 aliphatic rings. The zero-order chi connectivity index (χ0) is 33.6. The second kappa shape index (κ2) is 17.4. The van der Waals surface area contributed by atoms with Crippen LogP contribution in [0.25, 0.3) is 0 Å². The number of hydrogen-bond donors (Lipinski definition) is 4. The van der Waals surface area contributed by atoms with Crippen molar-refractivity contribution in [1.82, 2.24) is 0 Å². The first kappa shape index (κ1) is 33.9. The van der Waals surface area contributed by atoms with E-state index in [0.717, 1.165) is 47.9 Å². The highest BCUT2D eigenvalue weighted by Crippen LogP contribution is 2.32. The maximum Gasteiger partial charge on any atom is 0.119 e. The molecule has 0 saturated heterocycles. The molecule has 6 aromatic rings. The molecule has 4 N–H and O–H groups in total. The van der Waals surface area contributed by atoms with Crippen LogP contribution in [0.3, 0.4) is 0 Å². The Bertz CT molecular complexity index is 1700. The first-order valence-corrected chi connectivity index (χ1v) is 16.7. The van der Waals surface area contributed by atoms with Crippen LogP contribution in [0.2, 0.25) is 0 Å². The molecular weight excluding hydrogens is 592 g/mol. The van der Waals surface area contributed by atoms with Crippen LogP contribution in [0.15, 0.2) is 146 Å². The molecule has 4 nitrogen and oxygen atoms in total. The Hall–Kier alpha value is -5.48. The minimum absolute atomic E-state index is 0.270. The van der Waals surface area contributed by atoms with Gasteiger partial charge < -0.3 is 20.4 Å². The monoisotopic (exact) mass is 636 g/mol. The summed E-state index contributed by atoms with van der Waals surface area (Å²) in [5.74, 6) is 1.08. The zero-order valence-corrected chi connectivity index (χ0v) is 27.3. The highest BCUT2D eigenvalue weighted by atomic mass is 16.3. The fourth-order valence-corrected chi connectivity index (χ4v) is 5.97. The van der Waals surface area contributed by atoms with Gasteiger partial charge in [0.25, 0.3) is 0 Å². The fourth-order valence-electron chi connectivity index (χ4n) is 5.97. The van der Waals surface area contributed by atoms with Gasteiger partial charge in [0.15, 0.2) is 0 Å². The predicted molar refractivity (Wildman–Crippen MR) is 195 cm³/mol. The van der Waals surface area contributed by atoms with Gasteiger partial charge in [-0.25, -0.2) is 0 Å². The Labute approximate surface area is 284 Å². The quantitative estimate of drug-likeness (QED) is 0.101. The van der Waals surface area contributed by atoms with E-state index in [1.54, 1.807) is 24.3 Å². The molecule has 4 heteroatoms. The molecule has 0 aliphatic heterocycles. The lowest BCUT2D eigenvalue weighted by Gasteiger charge is -2.14. The summed E-state index contributed by atoms with van der Waals surface area (Å²) in [6.45, 7) is 0. The minimum Gasteiger partial charge on any atom is -0.508 e. The van der Waals surface area contributed by atoms with Crippen LogP contribution in [0.5, 0.6) is 23.0 Å². The first-order valence-electron chi connectivity index (χ1n) is 16.7. The Balaban J connectivity index is 0.000000188. The maximum atomic E-state index is 10.3. The van der Waals surface area contributed by atoms with Gasteiger partial charge in [-0.05, 0) is 109 Å². The number of rotatable bonds is 12.